The van der Waals surface area contributed by atoms with Crippen molar-refractivity contribution in [2.24, 2.45) is 0 Å². The van der Waals surface area contributed by atoms with Gasteiger partial charge in [-0.3, -0.25) is 0 Å². The maximum absolute atomic E-state index is 6.55. The molecular formula is C60H38N2OS. The third-order valence-electron chi connectivity index (χ3n) is 12.8. The minimum Gasteiger partial charge on any atom is -0.455 e. The van der Waals surface area contributed by atoms with E-state index in [1.807, 2.05) is 23.5 Å². The zero-order valence-corrected chi connectivity index (χ0v) is 35.5. The van der Waals surface area contributed by atoms with Gasteiger partial charge in [0.05, 0.1) is 11.0 Å². The summed E-state index contributed by atoms with van der Waals surface area (Å²) >= 11 is 1.87. The Labute approximate surface area is 373 Å². The molecule has 3 aromatic heterocycles. The summed E-state index contributed by atoms with van der Waals surface area (Å²) in [6.45, 7) is 0. The van der Waals surface area contributed by atoms with E-state index in [9.17, 15) is 0 Å². The molecule has 64 heavy (non-hydrogen) atoms. The molecule has 0 aliphatic carbocycles. The van der Waals surface area contributed by atoms with Gasteiger partial charge < -0.3 is 13.9 Å². The highest BCUT2D eigenvalue weighted by molar-refractivity contribution is 7.26. The number of anilines is 3. The van der Waals surface area contributed by atoms with E-state index in [2.05, 4.69) is 228 Å². The smallest absolute Gasteiger partial charge is 0.143 e. The summed E-state index contributed by atoms with van der Waals surface area (Å²) in [5.74, 6) is 0. The molecule has 0 aliphatic heterocycles. The van der Waals surface area contributed by atoms with Gasteiger partial charge in [0.25, 0.3) is 0 Å². The number of hydrogen-bond acceptors (Lipinski definition) is 3. The molecule has 0 saturated heterocycles. The second kappa shape index (κ2) is 14.7. The van der Waals surface area contributed by atoms with Crippen molar-refractivity contribution < 1.29 is 4.42 Å². The average Bonchev–Trinajstić information content (AvgIpc) is 4.04. The van der Waals surface area contributed by atoms with Gasteiger partial charge in [-0.15, -0.1) is 11.3 Å². The number of fused-ring (bicyclic) bond motifs is 9. The van der Waals surface area contributed by atoms with Crippen molar-refractivity contribution in [3.05, 3.63) is 231 Å². The summed E-state index contributed by atoms with van der Waals surface area (Å²) in [7, 11) is 0. The number of benzene rings is 10. The van der Waals surface area contributed by atoms with Crippen molar-refractivity contribution in [1.82, 2.24) is 4.57 Å². The van der Waals surface area contributed by atoms with Crippen LogP contribution >= 0.6 is 11.3 Å². The first kappa shape index (κ1) is 36.5. The van der Waals surface area contributed by atoms with Crippen LogP contribution in [0.2, 0.25) is 0 Å². The molecule has 0 saturated carbocycles. The van der Waals surface area contributed by atoms with Gasteiger partial charge in [0, 0.05) is 70.0 Å². The van der Waals surface area contributed by atoms with Gasteiger partial charge in [0.2, 0.25) is 0 Å². The van der Waals surface area contributed by atoms with Crippen molar-refractivity contribution in [1.29, 1.82) is 0 Å². The van der Waals surface area contributed by atoms with Crippen molar-refractivity contribution in [3.8, 4) is 39.1 Å². The normalized spacial score (nSPS) is 11.8. The fraction of sp³-hybridized carbons (Fsp3) is 0. The molecule has 0 bridgehead atoms. The lowest BCUT2D eigenvalue weighted by atomic mass is 9.99. The molecule has 13 aromatic rings. The maximum Gasteiger partial charge on any atom is 0.143 e. The van der Waals surface area contributed by atoms with E-state index in [0.717, 1.165) is 61.4 Å². The monoisotopic (exact) mass is 834 g/mol. The number of furan rings is 1. The number of thiophene rings is 1. The van der Waals surface area contributed by atoms with Crippen LogP contribution in [0, 0.1) is 0 Å². The molecule has 0 spiro atoms. The van der Waals surface area contributed by atoms with E-state index in [4.69, 9.17) is 4.42 Å². The molecule has 300 valence electrons. The van der Waals surface area contributed by atoms with Crippen LogP contribution in [0.5, 0.6) is 0 Å². The highest BCUT2D eigenvalue weighted by Gasteiger charge is 2.19. The summed E-state index contributed by atoms with van der Waals surface area (Å²) < 4.78 is 11.5. The van der Waals surface area contributed by atoms with Crippen LogP contribution in [-0.2, 0) is 0 Å². The second-order valence-electron chi connectivity index (χ2n) is 16.5. The van der Waals surface area contributed by atoms with Gasteiger partial charge in [0.1, 0.15) is 11.2 Å². The Hall–Kier alpha value is -8.18. The Balaban J connectivity index is 0.957. The molecule has 10 aromatic carbocycles. The SMILES string of the molecule is c1ccc(-n2c3ccccc3c3cc(-c4cccc(N(c5ccc(-c6cccc7c6sc6ccccc67)cc5)c5cccc(-c6cccc7c6oc6ccccc67)c5)c4)ccc32)cc1. The third kappa shape index (κ3) is 5.88. The molecule has 4 heteroatoms. The van der Waals surface area contributed by atoms with Crippen LogP contribution in [0.4, 0.5) is 17.1 Å². The second-order valence-corrected chi connectivity index (χ2v) is 17.5. The van der Waals surface area contributed by atoms with Gasteiger partial charge in [-0.05, 0) is 107 Å². The van der Waals surface area contributed by atoms with Crippen LogP contribution in [-0.4, -0.2) is 4.57 Å². The summed E-state index contributed by atoms with van der Waals surface area (Å²) in [4.78, 5) is 2.38. The van der Waals surface area contributed by atoms with E-state index in [-0.39, 0.29) is 0 Å². The summed E-state index contributed by atoms with van der Waals surface area (Å²) in [6.07, 6.45) is 0. The minimum atomic E-state index is 0.897. The summed E-state index contributed by atoms with van der Waals surface area (Å²) in [5.41, 5.74) is 15.5. The Morgan fingerprint density at radius 1 is 0.359 bits per heavy atom. The van der Waals surface area contributed by atoms with Crippen LogP contribution in [0.25, 0.3) is 103 Å². The zero-order valence-electron chi connectivity index (χ0n) is 34.7. The van der Waals surface area contributed by atoms with E-state index in [1.54, 1.807) is 0 Å². The van der Waals surface area contributed by atoms with E-state index in [0.29, 0.717) is 0 Å². The van der Waals surface area contributed by atoms with Crippen LogP contribution in [0.3, 0.4) is 0 Å². The Bertz CT molecular complexity index is 3910. The predicted octanol–water partition coefficient (Wildman–Crippen LogP) is 17.5. The fourth-order valence-corrected chi connectivity index (χ4v) is 11.1. The first-order valence-electron chi connectivity index (χ1n) is 21.7. The highest BCUT2D eigenvalue weighted by Crippen LogP contribution is 2.44. The Kier molecular flexibility index (Phi) is 8.40. The maximum atomic E-state index is 6.55. The lowest BCUT2D eigenvalue weighted by Gasteiger charge is -2.27. The van der Waals surface area contributed by atoms with Crippen LogP contribution in [0.1, 0.15) is 0 Å². The lowest BCUT2D eigenvalue weighted by Crippen LogP contribution is -2.10. The number of hydrogen-bond donors (Lipinski definition) is 0. The quantitative estimate of drug-likeness (QED) is 0.159. The molecular weight excluding hydrogens is 797 g/mol. The molecule has 3 heterocycles. The van der Waals surface area contributed by atoms with E-state index in [1.165, 1.54) is 58.7 Å². The largest absolute Gasteiger partial charge is 0.455 e. The third-order valence-corrected chi connectivity index (χ3v) is 14.0. The van der Waals surface area contributed by atoms with Gasteiger partial charge in [-0.2, -0.15) is 0 Å². The first-order chi connectivity index (χ1) is 31.7. The molecule has 0 unspecified atom stereocenters. The number of aromatic nitrogens is 1. The van der Waals surface area contributed by atoms with Gasteiger partial charge in [0.15, 0.2) is 0 Å². The standard InChI is InChI=1S/C60H38N2OS/c1-2-16-43(17-3-1)62-55-27-7-4-20-49(55)54-38-41(32-35-56(54)62)40-14-10-18-45(36-40)61(44-33-30-39(31-34-44)48-24-13-26-53-51-22-6-9-29-58(51)64-60(48)53)46-19-11-15-42(37-46)47-23-12-25-52-50-21-5-8-28-57(50)63-59(47)52/h1-38H. The van der Waals surface area contributed by atoms with E-state index < -0.39 is 0 Å². The average molecular weight is 835 g/mol. The molecule has 0 fully saturated rings. The van der Waals surface area contributed by atoms with Crippen molar-refractivity contribution in [2.45, 2.75) is 0 Å². The molecule has 0 atom stereocenters. The van der Waals surface area contributed by atoms with Crippen molar-refractivity contribution in [3.63, 3.8) is 0 Å². The highest BCUT2D eigenvalue weighted by atomic mass is 32.1. The number of para-hydroxylation sites is 4. The topological polar surface area (TPSA) is 21.3 Å². The first-order valence-corrected chi connectivity index (χ1v) is 22.6. The molecule has 0 aliphatic rings. The number of rotatable bonds is 7. The van der Waals surface area contributed by atoms with Crippen LogP contribution in [0.15, 0.2) is 235 Å². The zero-order chi connectivity index (χ0) is 42.1. The molecule has 0 N–H and O–H groups in total. The molecule has 3 nitrogen and oxygen atoms in total. The summed E-state index contributed by atoms with van der Waals surface area (Å²) in [6, 6.07) is 83.4. The molecule has 0 amide bonds. The summed E-state index contributed by atoms with van der Waals surface area (Å²) in [5, 5.41) is 7.34. The number of nitrogens with zero attached hydrogens (tertiary/aromatic N) is 2. The minimum absolute atomic E-state index is 0.897. The van der Waals surface area contributed by atoms with Crippen molar-refractivity contribution >= 4 is 92.3 Å². The molecule has 0 radical (unpaired) electrons. The van der Waals surface area contributed by atoms with Gasteiger partial charge >= 0.3 is 0 Å². The Morgan fingerprint density at radius 2 is 0.969 bits per heavy atom. The predicted molar refractivity (Wildman–Crippen MR) is 272 cm³/mol. The van der Waals surface area contributed by atoms with E-state index >= 15 is 0 Å². The Morgan fingerprint density at radius 3 is 1.81 bits per heavy atom. The fourth-order valence-electron chi connectivity index (χ4n) is 9.83. The van der Waals surface area contributed by atoms with Crippen LogP contribution < -0.4 is 4.90 Å². The van der Waals surface area contributed by atoms with Gasteiger partial charge in [-0.25, -0.2) is 0 Å². The molecule has 13 rings (SSSR count). The van der Waals surface area contributed by atoms with Gasteiger partial charge in [-0.1, -0.05) is 152 Å². The lowest BCUT2D eigenvalue weighted by molar-refractivity contribution is 0.670. The van der Waals surface area contributed by atoms with Crippen molar-refractivity contribution in [2.75, 3.05) is 4.90 Å².